The number of rotatable bonds is 3. The van der Waals surface area contributed by atoms with Crippen molar-refractivity contribution in [1.82, 2.24) is 9.88 Å². The van der Waals surface area contributed by atoms with Gasteiger partial charge >= 0.3 is 5.97 Å². The highest BCUT2D eigenvalue weighted by Crippen LogP contribution is 2.33. The fourth-order valence-electron chi connectivity index (χ4n) is 4.12. The van der Waals surface area contributed by atoms with Crippen LogP contribution in [0.4, 0.5) is 10.2 Å². The van der Waals surface area contributed by atoms with Gasteiger partial charge in [-0.15, -0.1) is 0 Å². The van der Waals surface area contributed by atoms with Gasteiger partial charge in [0.25, 0.3) is 5.91 Å². The van der Waals surface area contributed by atoms with Gasteiger partial charge in [0.15, 0.2) is 0 Å². The van der Waals surface area contributed by atoms with E-state index in [1.807, 2.05) is 6.07 Å². The lowest BCUT2D eigenvalue weighted by molar-refractivity contribution is 0.0710. The molecular formula is C26H19FN4O3. The first-order valence-corrected chi connectivity index (χ1v) is 10.8. The second kappa shape index (κ2) is 8.79. The minimum absolute atomic E-state index is 0.0735. The van der Waals surface area contributed by atoms with Crippen molar-refractivity contribution in [3.05, 3.63) is 94.4 Å². The number of aromatic nitrogens is 1. The molecule has 1 aromatic heterocycles. The van der Waals surface area contributed by atoms with Crippen LogP contribution in [0.3, 0.4) is 0 Å². The molecule has 0 N–H and O–H groups in total. The number of pyridine rings is 1. The van der Waals surface area contributed by atoms with Crippen molar-refractivity contribution in [1.29, 1.82) is 5.26 Å². The number of carbonyl (C=O) groups is 2. The van der Waals surface area contributed by atoms with Gasteiger partial charge < -0.3 is 14.5 Å². The van der Waals surface area contributed by atoms with Crippen LogP contribution in [0.2, 0.25) is 0 Å². The molecule has 7 nitrogen and oxygen atoms in total. The van der Waals surface area contributed by atoms with Gasteiger partial charge in [-0.3, -0.25) is 4.79 Å². The van der Waals surface area contributed by atoms with Crippen LogP contribution in [0.1, 0.15) is 37.4 Å². The number of nitrogens with zero attached hydrogens (tertiary/aromatic N) is 4. The molecule has 1 fully saturated rings. The summed E-state index contributed by atoms with van der Waals surface area (Å²) in [4.78, 5) is 33.3. The number of piperazine rings is 1. The highest BCUT2D eigenvalue weighted by molar-refractivity contribution is 6.06. The summed E-state index contributed by atoms with van der Waals surface area (Å²) in [7, 11) is 0. The molecule has 1 amide bonds. The van der Waals surface area contributed by atoms with Crippen molar-refractivity contribution in [2.75, 3.05) is 31.1 Å². The van der Waals surface area contributed by atoms with Gasteiger partial charge in [0.05, 0.1) is 5.56 Å². The Morgan fingerprint density at radius 1 is 1.09 bits per heavy atom. The zero-order chi connectivity index (χ0) is 23.7. The van der Waals surface area contributed by atoms with Crippen LogP contribution < -0.4 is 4.90 Å². The molecule has 3 heterocycles. The molecule has 5 rings (SSSR count). The molecule has 34 heavy (non-hydrogen) atoms. The third-order valence-corrected chi connectivity index (χ3v) is 5.89. The third kappa shape index (κ3) is 3.99. The van der Waals surface area contributed by atoms with Crippen LogP contribution >= 0.6 is 0 Å². The molecule has 0 saturated carbocycles. The minimum atomic E-state index is -0.721. The van der Waals surface area contributed by atoms with Crippen molar-refractivity contribution in [2.45, 2.75) is 0 Å². The fraction of sp³-hybridized carbons (Fsp3) is 0.154. The van der Waals surface area contributed by atoms with E-state index in [1.54, 1.807) is 53.6 Å². The number of cyclic esters (lactones) is 1. The van der Waals surface area contributed by atoms with Crippen LogP contribution in [0.15, 0.2) is 60.8 Å². The van der Waals surface area contributed by atoms with E-state index in [0.29, 0.717) is 48.4 Å². The molecule has 168 valence electrons. The SMILES string of the molecule is N#Cc1ccc(N2CCN(C(=O)c3cccc(/C=C4\OC(=O)c5c(F)cccc54)c3)CC2)nc1. The summed E-state index contributed by atoms with van der Waals surface area (Å²) in [5.74, 6) is -0.399. The van der Waals surface area contributed by atoms with E-state index in [-0.39, 0.29) is 17.2 Å². The molecule has 3 aromatic rings. The zero-order valence-electron chi connectivity index (χ0n) is 18.1. The molecule has 0 spiro atoms. The Morgan fingerprint density at radius 3 is 2.62 bits per heavy atom. The van der Waals surface area contributed by atoms with Gasteiger partial charge in [0.2, 0.25) is 0 Å². The quantitative estimate of drug-likeness (QED) is 0.561. The van der Waals surface area contributed by atoms with Crippen molar-refractivity contribution in [3.63, 3.8) is 0 Å². The van der Waals surface area contributed by atoms with Crippen LogP contribution in [-0.2, 0) is 4.74 Å². The average Bonchev–Trinajstić information content (AvgIpc) is 3.20. The normalized spacial score (nSPS) is 16.2. The standard InChI is InChI=1S/C26H19FN4O3/c27-21-6-2-5-20-22(34-26(33)24(20)21)14-17-3-1-4-19(13-17)25(32)31-11-9-30(10-12-31)23-8-7-18(15-28)16-29-23/h1-8,13-14,16H,9-12H2/b22-14-. The average molecular weight is 454 g/mol. The molecule has 1 saturated heterocycles. The molecule has 0 aliphatic carbocycles. The van der Waals surface area contributed by atoms with E-state index >= 15 is 0 Å². The van der Waals surface area contributed by atoms with Crippen LogP contribution in [0.5, 0.6) is 0 Å². The number of carbonyl (C=O) groups excluding carboxylic acids is 2. The maximum absolute atomic E-state index is 14.0. The molecule has 8 heteroatoms. The first-order chi connectivity index (χ1) is 16.5. The minimum Gasteiger partial charge on any atom is -0.422 e. The highest BCUT2D eigenvalue weighted by Gasteiger charge is 2.29. The lowest BCUT2D eigenvalue weighted by Gasteiger charge is -2.35. The van der Waals surface area contributed by atoms with Gasteiger partial charge in [0, 0.05) is 43.5 Å². The number of amides is 1. The van der Waals surface area contributed by atoms with Crippen LogP contribution in [0, 0.1) is 17.1 Å². The summed E-state index contributed by atoms with van der Waals surface area (Å²) in [5, 5.41) is 8.92. The fourth-order valence-corrected chi connectivity index (χ4v) is 4.12. The van der Waals surface area contributed by atoms with E-state index in [0.717, 1.165) is 5.82 Å². The molecule has 2 aliphatic heterocycles. The molecule has 2 aromatic carbocycles. The molecule has 0 unspecified atom stereocenters. The number of fused-ring (bicyclic) bond motifs is 1. The molecule has 0 atom stereocenters. The smallest absolute Gasteiger partial charge is 0.347 e. The van der Waals surface area contributed by atoms with Crippen molar-refractivity contribution in [3.8, 4) is 6.07 Å². The summed E-state index contributed by atoms with van der Waals surface area (Å²) in [6.07, 6.45) is 3.18. The highest BCUT2D eigenvalue weighted by atomic mass is 19.1. The molecule has 2 aliphatic rings. The number of hydrogen-bond donors (Lipinski definition) is 0. The van der Waals surface area contributed by atoms with E-state index in [4.69, 9.17) is 10.00 Å². The van der Waals surface area contributed by atoms with Crippen molar-refractivity contribution >= 4 is 29.5 Å². The van der Waals surface area contributed by atoms with Gasteiger partial charge in [0.1, 0.15) is 29.0 Å². The second-order valence-electron chi connectivity index (χ2n) is 7.98. The van der Waals surface area contributed by atoms with E-state index in [1.165, 1.54) is 12.1 Å². The number of anilines is 1. The number of esters is 1. The molecule has 0 radical (unpaired) electrons. The summed E-state index contributed by atoms with van der Waals surface area (Å²) >= 11 is 0. The Labute approximate surface area is 195 Å². The van der Waals surface area contributed by atoms with Gasteiger partial charge in [-0.1, -0.05) is 24.3 Å². The summed E-state index contributed by atoms with van der Waals surface area (Å²) in [6.45, 7) is 2.34. The van der Waals surface area contributed by atoms with Gasteiger partial charge in [-0.2, -0.15) is 5.26 Å². The Hall–Kier alpha value is -4.51. The number of benzene rings is 2. The van der Waals surface area contributed by atoms with Crippen LogP contribution in [0.25, 0.3) is 11.8 Å². The van der Waals surface area contributed by atoms with Gasteiger partial charge in [-0.25, -0.2) is 14.2 Å². The lowest BCUT2D eigenvalue weighted by Crippen LogP contribution is -2.49. The number of nitriles is 1. The Balaban J connectivity index is 1.29. The Bertz CT molecular complexity index is 1350. The molecule has 0 bridgehead atoms. The summed E-state index contributed by atoms with van der Waals surface area (Å²) in [5.41, 5.74) is 2.02. The first-order valence-electron chi connectivity index (χ1n) is 10.8. The van der Waals surface area contributed by atoms with Crippen molar-refractivity contribution < 1.29 is 18.7 Å². The monoisotopic (exact) mass is 454 g/mol. The Morgan fingerprint density at radius 2 is 1.88 bits per heavy atom. The predicted octanol–water partition coefficient (Wildman–Crippen LogP) is 3.72. The first kappa shape index (κ1) is 21.3. The Kier molecular flexibility index (Phi) is 5.52. The zero-order valence-corrected chi connectivity index (χ0v) is 18.1. The van der Waals surface area contributed by atoms with E-state index < -0.39 is 11.8 Å². The summed E-state index contributed by atoms with van der Waals surface area (Å²) < 4.78 is 19.3. The van der Waals surface area contributed by atoms with Crippen LogP contribution in [-0.4, -0.2) is 47.9 Å². The topological polar surface area (TPSA) is 86.5 Å². The largest absolute Gasteiger partial charge is 0.422 e. The maximum Gasteiger partial charge on any atom is 0.347 e. The molecular weight excluding hydrogens is 435 g/mol. The maximum atomic E-state index is 14.0. The number of halogens is 1. The third-order valence-electron chi connectivity index (χ3n) is 5.89. The lowest BCUT2D eigenvalue weighted by atomic mass is 10.0. The van der Waals surface area contributed by atoms with E-state index in [9.17, 15) is 14.0 Å². The second-order valence-corrected chi connectivity index (χ2v) is 7.98. The van der Waals surface area contributed by atoms with Gasteiger partial charge in [-0.05, 0) is 42.0 Å². The summed E-state index contributed by atoms with van der Waals surface area (Å²) in [6, 6.07) is 17.0. The van der Waals surface area contributed by atoms with Crippen molar-refractivity contribution in [2.24, 2.45) is 0 Å². The number of ether oxygens (including phenoxy) is 1. The predicted molar refractivity (Wildman–Crippen MR) is 123 cm³/mol. The van der Waals surface area contributed by atoms with E-state index in [2.05, 4.69) is 16.0 Å². The number of hydrogen-bond acceptors (Lipinski definition) is 6.